The van der Waals surface area contributed by atoms with Gasteiger partial charge in [0.15, 0.2) is 0 Å². The van der Waals surface area contributed by atoms with Crippen LogP contribution in [-0.4, -0.2) is 11.6 Å². The molecule has 0 radical (unpaired) electrons. The summed E-state index contributed by atoms with van der Waals surface area (Å²) in [4.78, 5) is 4.17. The number of rotatable bonds is 6. The zero-order valence-corrected chi connectivity index (χ0v) is 16.2. The fourth-order valence-corrected chi connectivity index (χ4v) is 3.57. The molecule has 5 heteroatoms. The van der Waals surface area contributed by atoms with Crippen LogP contribution in [0.4, 0.5) is 13.2 Å². The van der Waals surface area contributed by atoms with Crippen LogP contribution in [0, 0.1) is 0 Å². The summed E-state index contributed by atoms with van der Waals surface area (Å²) in [6.07, 6.45) is -2.20. The molecule has 0 atom stereocenters. The molecule has 0 aliphatic rings. The monoisotopic (exact) mass is 407 g/mol. The molecule has 0 spiro atoms. The summed E-state index contributed by atoms with van der Waals surface area (Å²) >= 11 is 0. The van der Waals surface area contributed by atoms with E-state index in [1.54, 1.807) is 6.07 Å². The normalized spacial score (nSPS) is 11.7. The molecule has 0 amide bonds. The zero-order chi connectivity index (χ0) is 21.0. The molecule has 0 fully saturated rings. The second-order valence-corrected chi connectivity index (χ2v) is 7.01. The molecule has 0 aliphatic carbocycles. The van der Waals surface area contributed by atoms with Gasteiger partial charge < -0.3 is 4.74 Å². The van der Waals surface area contributed by atoms with Crippen LogP contribution in [0.3, 0.4) is 0 Å². The van der Waals surface area contributed by atoms with Gasteiger partial charge in [0.25, 0.3) is 0 Å². The number of aromatic nitrogens is 1. The van der Waals surface area contributed by atoms with E-state index in [0.717, 1.165) is 29.2 Å². The van der Waals surface area contributed by atoms with Crippen molar-refractivity contribution < 1.29 is 17.9 Å². The van der Waals surface area contributed by atoms with Crippen LogP contribution >= 0.6 is 0 Å². The molecule has 1 heterocycles. The lowest BCUT2D eigenvalue weighted by molar-refractivity contribution is -0.136. The van der Waals surface area contributed by atoms with Gasteiger partial charge in [0.05, 0.1) is 24.3 Å². The molecule has 4 rings (SSSR count). The minimum Gasteiger partial charge on any atom is -0.376 e. The van der Waals surface area contributed by atoms with Crippen molar-refractivity contribution >= 4 is 10.9 Å². The molecular formula is C25H20F3NO. The van der Waals surface area contributed by atoms with Crippen molar-refractivity contribution in [2.24, 2.45) is 0 Å². The van der Waals surface area contributed by atoms with E-state index < -0.39 is 11.7 Å². The lowest BCUT2D eigenvalue weighted by Gasteiger charge is -2.16. The van der Waals surface area contributed by atoms with E-state index in [2.05, 4.69) is 4.98 Å². The third kappa shape index (κ3) is 4.36. The largest absolute Gasteiger partial charge is 0.418 e. The van der Waals surface area contributed by atoms with Crippen LogP contribution in [0.2, 0.25) is 0 Å². The number of alkyl halides is 3. The maximum atomic E-state index is 13.5. The summed E-state index contributed by atoms with van der Waals surface area (Å²) < 4.78 is 46.4. The Bertz CT molecular complexity index is 1130. The van der Waals surface area contributed by atoms with E-state index in [0.29, 0.717) is 12.0 Å². The molecule has 1 aromatic heterocycles. The molecule has 30 heavy (non-hydrogen) atoms. The van der Waals surface area contributed by atoms with Crippen molar-refractivity contribution in [3.8, 4) is 11.1 Å². The van der Waals surface area contributed by atoms with Crippen molar-refractivity contribution in [3.05, 3.63) is 102 Å². The molecule has 0 unspecified atom stereocenters. The Morgan fingerprint density at radius 2 is 1.50 bits per heavy atom. The Morgan fingerprint density at radius 3 is 2.20 bits per heavy atom. The van der Waals surface area contributed by atoms with Crippen LogP contribution in [0.25, 0.3) is 22.0 Å². The number of hydrogen-bond donors (Lipinski definition) is 0. The average molecular weight is 407 g/mol. The smallest absolute Gasteiger partial charge is 0.376 e. The lowest BCUT2D eigenvalue weighted by atomic mass is 9.95. The molecule has 2 nitrogen and oxygen atoms in total. The summed E-state index contributed by atoms with van der Waals surface area (Å²) in [6, 6.07) is 23.6. The number of fused-ring (bicyclic) bond motifs is 1. The second-order valence-electron chi connectivity index (χ2n) is 7.01. The third-order valence-corrected chi connectivity index (χ3v) is 4.98. The highest BCUT2D eigenvalue weighted by atomic mass is 19.4. The maximum Gasteiger partial charge on any atom is 0.418 e. The third-order valence-electron chi connectivity index (χ3n) is 4.98. The SMILES string of the molecule is FC(F)(F)c1cccc2c(-c3ccccc3)c(COCCc3ccccc3)cnc12. The molecule has 0 bridgehead atoms. The van der Waals surface area contributed by atoms with Crippen molar-refractivity contribution in [1.82, 2.24) is 4.98 Å². The molecule has 0 aliphatic heterocycles. The number of halogens is 3. The molecule has 0 saturated carbocycles. The van der Waals surface area contributed by atoms with Gasteiger partial charge in [0, 0.05) is 17.1 Å². The van der Waals surface area contributed by atoms with E-state index in [4.69, 9.17) is 4.74 Å². The van der Waals surface area contributed by atoms with Crippen molar-refractivity contribution in [1.29, 1.82) is 0 Å². The summed E-state index contributed by atoms with van der Waals surface area (Å²) in [5.41, 5.74) is 2.73. The minimum absolute atomic E-state index is 0.0445. The summed E-state index contributed by atoms with van der Waals surface area (Å²) in [6.45, 7) is 0.787. The summed E-state index contributed by atoms with van der Waals surface area (Å²) in [7, 11) is 0. The van der Waals surface area contributed by atoms with Gasteiger partial charge in [-0.15, -0.1) is 0 Å². The van der Waals surface area contributed by atoms with E-state index >= 15 is 0 Å². The molecule has 3 aromatic carbocycles. The first-order chi connectivity index (χ1) is 14.5. The lowest BCUT2D eigenvalue weighted by Crippen LogP contribution is -2.08. The molecule has 0 N–H and O–H groups in total. The Labute approximate surface area is 173 Å². The maximum absolute atomic E-state index is 13.5. The average Bonchev–Trinajstić information content (AvgIpc) is 2.76. The number of hydrogen-bond acceptors (Lipinski definition) is 2. The molecule has 4 aromatic rings. The van der Waals surface area contributed by atoms with Crippen molar-refractivity contribution in [2.75, 3.05) is 6.61 Å². The van der Waals surface area contributed by atoms with Crippen LogP contribution in [0.1, 0.15) is 16.7 Å². The second kappa shape index (κ2) is 8.67. The first-order valence-corrected chi connectivity index (χ1v) is 9.69. The number of nitrogens with zero attached hydrogens (tertiary/aromatic N) is 1. The van der Waals surface area contributed by atoms with Crippen molar-refractivity contribution in [3.63, 3.8) is 0 Å². The molecule has 0 saturated heterocycles. The standard InChI is InChI=1S/C25H20F3NO/c26-25(27,28)22-13-7-12-21-23(19-10-5-2-6-11-19)20(16-29-24(21)22)17-30-15-14-18-8-3-1-4-9-18/h1-13,16H,14-15,17H2. The fraction of sp³-hybridized carbons (Fsp3) is 0.160. The molecule has 152 valence electrons. The van der Waals surface area contributed by atoms with Gasteiger partial charge in [-0.2, -0.15) is 13.2 Å². The van der Waals surface area contributed by atoms with Crippen LogP contribution in [0.15, 0.2) is 85.1 Å². The van der Waals surface area contributed by atoms with Gasteiger partial charge in [-0.05, 0) is 29.2 Å². The van der Waals surface area contributed by atoms with Crippen LogP contribution in [0.5, 0.6) is 0 Å². The number of para-hydroxylation sites is 1. The Morgan fingerprint density at radius 1 is 0.800 bits per heavy atom. The van der Waals surface area contributed by atoms with Gasteiger partial charge in [0.1, 0.15) is 0 Å². The van der Waals surface area contributed by atoms with E-state index in [1.165, 1.54) is 17.8 Å². The first kappa shape index (κ1) is 20.1. The van der Waals surface area contributed by atoms with Crippen molar-refractivity contribution in [2.45, 2.75) is 19.2 Å². The summed E-state index contributed by atoms with van der Waals surface area (Å²) in [5, 5.41) is 0.472. The van der Waals surface area contributed by atoms with Crippen LogP contribution < -0.4 is 0 Å². The fourth-order valence-electron chi connectivity index (χ4n) is 3.57. The van der Waals surface area contributed by atoms with E-state index in [1.807, 2.05) is 60.7 Å². The number of ether oxygens (including phenoxy) is 1. The van der Waals surface area contributed by atoms with E-state index in [-0.39, 0.29) is 12.1 Å². The van der Waals surface area contributed by atoms with Gasteiger partial charge in [-0.25, -0.2) is 0 Å². The van der Waals surface area contributed by atoms with Gasteiger partial charge in [0.2, 0.25) is 0 Å². The highest BCUT2D eigenvalue weighted by Gasteiger charge is 2.33. The number of benzene rings is 3. The predicted octanol–water partition coefficient (Wildman–Crippen LogP) is 6.68. The first-order valence-electron chi connectivity index (χ1n) is 9.69. The predicted molar refractivity (Wildman–Crippen MR) is 112 cm³/mol. The van der Waals surface area contributed by atoms with E-state index in [9.17, 15) is 13.2 Å². The van der Waals surface area contributed by atoms with Gasteiger partial charge in [-0.1, -0.05) is 72.8 Å². The highest BCUT2D eigenvalue weighted by Crippen LogP contribution is 2.38. The van der Waals surface area contributed by atoms with Gasteiger partial charge in [-0.3, -0.25) is 4.98 Å². The van der Waals surface area contributed by atoms with Crippen LogP contribution in [-0.2, 0) is 23.9 Å². The molecular weight excluding hydrogens is 387 g/mol. The quantitative estimate of drug-likeness (QED) is 0.333. The Balaban J connectivity index is 1.69. The zero-order valence-electron chi connectivity index (χ0n) is 16.2. The highest BCUT2D eigenvalue weighted by molar-refractivity contribution is 5.97. The summed E-state index contributed by atoms with van der Waals surface area (Å²) in [5.74, 6) is 0. The topological polar surface area (TPSA) is 22.1 Å². The van der Waals surface area contributed by atoms with Gasteiger partial charge >= 0.3 is 6.18 Å². The number of pyridine rings is 1. The Kier molecular flexibility index (Phi) is 5.81. The Hall–Kier alpha value is -3.18. The minimum atomic E-state index is -4.46.